The van der Waals surface area contributed by atoms with Gasteiger partial charge in [0.15, 0.2) is 0 Å². The predicted octanol–water partition coefficient (Wildman–Crippen LogP) is 3.18. The Hall–Kier alpha value is -2.10. The number of nitrogens with zero attached hydrogens (tertiary/aromatic N) is 1. The van der Waals surface area contributed by atoms with Crippen LogP contribution in [-0.4, -0.2) is 35.5 Å². The van der Waals surface area contributed by atoms with Gasteiger partial charge in [0.2, 0.25) is 5.91 Å². The van der Waals surface area contributed by atoms with Crippen molar-refractivity contribution in [2.45, 2.75) is 44.1 Å². The lowest BCUT2D eigenvalue weighted by atomic mass is 9.84. The van der Waals surface area contributed by atoms with E-state index in [4.69, 9.17) is 4.74 Å². The zero-order valence-corrected chi connectivity index (χ0v) is 13.9. The molecule has 4 heteroatoms. The van der Waals surface area contributed by atoms with E-state index in [0.717, 1.165) is 38.6 Å². The van der Waals surface area contributed by atoms with Gasteiger partial charge in [0.25, 0.3) is 0 Å². The van der Waals surface area contributed by atoms with Gasteiger partial charge in [-0.15, -0.1) is 0 Å². The molecule has 2 heterocycles. The van der Waals surface area contributed by atoms with E-state index < -0.39 is 5.60 Å². The van der Waals surface area contributed by atoms with Crippen molar-refractivity contribution in [3.63, 3.8) is 0 Å². The molecule has 0 radical (unpaired) electrons. The van der Waals surface area contributed by atoms with Crippen LogP contribution in [-0.2, 0) is 14.3 Å². The molecule has 0 unspecified atom stereocenters. The molecular formula is C20H23NO3. The largest absolute Gasteiger partial charge is 0.458 e. The third kappa shape index (κ3) is 2.64. The summed E-state index contributed by atoms with van der Waals surface area (Å²) in [5.41, 5.74) is 2.03. The van der Waals surface area contributed by atoms with E-state index in [1.165, 1.54) is 11.1 Å². The van der Waals surface area contributed by atoms with Gasteiger partial charge in [0, 0.05) is 13.1 Å². The summed E-state index contributed by atoms with van der Waals surface area (Å²) in [4.78, 5) is 26.8. The number of amides is 1. The van der Waals surface area contributed by atoms with Crippen LogP contribution in [0.2, 0.25) is 0 Å². The molecule has 1 amide bonds. The van der Waals surface area contributed by atoms with Gasteiger partial charge < -0.3 is 9.64 Å². The maximum Gasteiger partial charge on any atom is 0.307 e. The first kappa shape index (κ1) is 15.4. The normalized spacial score (nSPS) is 25.7. The highest BCUT2D eigenvalue weighted by Crippen LogP contribution is 2.46. The fourth-order valence-corrected chi connectivity index (χ4v) is 4.43. The molecule has 4 rings (SSSR count). The molecule has 1 spiro atoms. The molecule has 1 saturated heterocycles. The molecular weight excluding hydrogens is 302 g/mol. The molecule has 3 aliphatic rings. The summed E-state index contributed by atoms with van der Waals surface area (Å²) in [6, 6.07) is 10.3. The van der Waals surface area contributed by atoms with Crippen LogP contribution in [0.4, 0.5) is 0 Å². The Bertz CT molecular complexity index is 673. The van der Waals surface area contributed by atoms with Gasteiger partial charge in [-0.1, -0.05) is 36.4 Å². The van der Waals surface area contributed by atoms with Crippen LogP contribution in [0.5, 0.6) is 0 Å². The number of carbonyl (C=O) groups excluding carboxylic acids is 2. The number of benzene rings is 1. The first-order chi connectivity index (χ1) is 11.7. The molecule has 2 fully saturated rings. The predicted molar refractivity (Wildman–Crippen MR) is 91.0 cm³/mol. The van der Waals surface area contributed by atoms with E-state index in [1.807, 2.05) is 23.1 Å². The van der Waals surface area contributed by atoms with Crippen molar-refractivity contribution in [1.29, 1.82) is 0 Å². The van der Waals surface area contributed by atoms with Crippen LogP contribution in [0, 0.1) is 5.92 Å². The van der Waals surface area contributed by atoms with Crippen LogP contribution in [0.3, 0.4) is 0 Å². The lowest BCUT2D eigenvalue weighted by Crippen LogP contribution is -2.46. The number of hydrogen-bond donors (Lipinski definition) is 0. The fraction of sp³-hybridized carbons (Fsp3) is 0.500. The fourth-order valence-electron chi connectivity index (χ4n) is 4.43. The second-order valence-corrected chi connectivity index (χ2v) is 7.13. The molecule has 126 valence electrons. The van der Waals surface area contributed by atoms with Crippen molar-refractivity contribution in [2.24, 2.45) is 5.92 Å². The van der Waals surface area contributed by atoms with Crippen molar-refractivity contribution in [1.82, 2.24) is 4.90 Å². The smallest absolute Gasteiger partial charge is 0.307 e. The molecule has 0 N–H and O–H groups in total. The Morgan fingerprint density at radius 2 is 1.92 bits per heavy atom. The van der Waals surface area contributed by atoms with Crippen molar-refractivity contribution in [3.05, 3.63) is 42.0 Å². The molecule has 4 nitrogen and oxygen atoms in total. The maximum atomic E-state index is 13.0. The second-order valence-electron chi connectivity index (χ2n) is 7.13. The topological polar surface area (TPSA) is 46.6 Å². The number of esters is 1. The van der Waals surface area contributed by atoms with Crippen molar-refractivity contribution >= 4 is 17.4 Å². The Labute approximate surface area is 142 Å². The number of ether oxygens (including phenoxy) is 1. The zero-order chi connectivity index (χ0) is 16.6. The van der Waals surface area contributed by atoms with E-state index in [-0.39, 0.29) is 24.2 Å². The number of rotatable bonds is 2. The van der Waals surface area contributed by atoms with Crippen LogP contribution in [0.1, 0.15) is 44.1 Å². The van der Waals surface area contributed by atoms with Crippen LogP contribution in [0.15, 0.2) is 36.4 Å². The maximum absolute atomic E-state index is 13.0. The monoisotopic (exact) mass is 325 g/mol. The van der Waals surface area contributed by atoms with Gasteiger partial charge in [0.05, 0.1) is 12.3 Å². The van der Waals surface area contributed by atoms with Gasteiger partial charge in [-0.05, 0) is 43.2 Å². The molecule has 0 aromatic heterocycles. The summed E-state index contributed by atoms with van der Waals surface area (Å²) < 4.78 is 5.62. The molecule has 0 bridgehead atoms. The molecule has 2 aliphatic heterocycles. The molecule has 1 aliphatic carbocycles. The Morgan fingerprint density at radius 1 is 1.17 bits per heavy atom. The van der Waals surface area contributed by atoms with Crippen molar-refractivity contribution < 1.29 is 14.3 Å². The first-order valence-corrected chi connectivity index (χ1v) is 8.93. The summed E-state index contributed by atoms with van der Waals surface area (Å²) in [6.07, 6.45) is 7.05. The van der Waals surface area contributed by atoms with Gasteiger partial charge in [-0.25, -0.2) is 0 Å². The highest BCUT2D eigenvalue weighted by Gasteiger charge is 2.54. The van der Waals surface area contributed by atoms with Gasteiger partial charge in [-0.3, -0.25) is 9.59 Å². The van der Waals surface area contributed by atoms with Crippen LogP contribution >= 0.6 is 0 Å². The van der Waals surface area contributed by atoms with Gasteiger partial charge in [0.1, 0.15) is 5.60 Å². The third-order valence-corrected chi connectivity index (χ3v) is 5.74. The van der Waals surface area contributed by atoms with E-state index in [9.17, 15) is 9.59 Å². The molecule has 1 aromatic carbocycles. The SMILES string of the molecule is O=C1C[C@H](C(=O)N2CC=C(c3ccccc3)CC2)C2(CCCC2)O1. The van der Waals surface area contributed by atoms with E-state index in [2.05, 4.69) is 18.2 Å². The minimum atomic E-state index is -0.502. The lowest BCUT2D eigenvalue weighted by Gasteiger charge is -2.34. The quantitative estimate of drug-likeness (QED) is 0.785. The van der Waals surface area contributed by atoms with Gasteiger partial charge >= 0.3 is 5.97 Å². The van der Waals surface area contributed by atoms with E-state index >= 15 is 0 Å². The Morgan fingerprint density at radius 3 is 2.58 bits per heavy atom. The third-order valence-electron chi connectivity index (χ3n) is 5.74. The summed E-state index contributed by atoms with van der Waals surface area (Å²) in [5, 5.41) is 0. The minimum absolute atomic E-state index is 0.103. The van der Waals surface area contributed by atoms with E-state index in [1.54, 1.807) is 0 Å². The summed E-state index contributed by atoms with van der Waals surface area (Å²) in [6.45, 7) is 1.35. The molecule has 1 aromatic rings. The highest BCUT2D eigenvalue weighted by atomic mass is 16.6. The van der Waals surface area contributed by atoms with Gasteiger partial charge in [-0.2, -0.15) is 0 Å². The average molecular weight is 325 g/mol. The second kappa shape index (κ2) is 6.08. The number of hydrogen-bond acceptors (Lipinski definition) is 3. The minimum Gasteiger partial charge on any atom is -0.458 e. The lowest BCUT2D eigenvalue weighted by molar-refractivity contribution is -0.151. The first-order valence-electron chi connectivity index (χ1n) is 8.93. The summed E-state index contributed by atoms with van der Waals surface area (Å²) in [7, 11) is 0. The number of carbonyl (C=O) groups is 2. The highest BCUT2D eigenvalue weighted by molar-refractivity contribution is 5.88. The van der Waals surface area contributed by atoms with Crippen LogP contribution < -0.4 is 0 Å². The average Bonchev–Trinajstić information content (AvgIpc) is 3.22. The molecule has 1 saturated carbocycles. The Kier molecular flexibility index (Phi) is 3.91. The molecule has 24 heavy (non-hydrogen) atoms. The van der Waals surface area contributed by atoms with Crippen molar-refractivity contribution in [2.75, 3.05) is 13.1 Å². The van der Waals surface area contributed by atoms with E-state index in [0.29, 0.717) is 6.54 Å². The summed E-state index contributed by atoms with van der Waals surface area (Å²) >= 11 is 0. The summed E-state index contributed by atoms with van der Waals surface area (Å²) in [5.74, 6) is -0.377. The van der Waals surface area contributed by atoms with Crippen molar-refractivity contribution in [3.8, 4) is 0 Å². The molecule has 1 atom stereocenters. The zero-order valence-electron chi connectivity index (χ0n) is 13.9. The Balaban J connectivity index is 1.48. The standard InChI is InChI=1S/C20H23NO3/c22-18-14-17(20(24-18)10-4-5-11-20)19(23)21-12-8-16(9-13-21)15-6-2-1-3-7-15/h1-3,6-8,17H,4-5,9-14H2/t17-/m1/s1. The van der Waals surface area contributed by atoms with Crippen LogP contribution in [0.25, 0.3) is 5.57 Å².